The minimum absolute atomic E-state index is 0.0281. The van der Waals surface area contributed by atoms with Crippen molar-refractivity contribution in [2.24, 2.45) is 0 Å². The highest BCUT2D eigenvalue weighted by Crippen LogP contribution is 2.32. The van der Waals surface area contributed by atoms with E-state index in [4.69, 9.17) is 11.6 Å². The smallest absolute Gasteiger partial charge is 0.229 e. The molecule has 0 spiro atoms. The van der Waals surface area contributed by atoms with E-state index in [1.165, 1.54) is 12.1 Å². The second kappa shape index (κ2) is 8.88. The van der Waals surface area contributed by atoms with Crippen molar-refractivity contribution in [3.05, 3.63) is 22.7 Å². The predicted octanol–water partition coefficient (Wildman–Crippen LogP) is 2.69. The number of phenolic OH excluding ortho intramolecular Hbond substituents is 2. The van der Waals surface area contributed by atoms with Crippen LogP contribution in [0, 0.1) is 0 Å². The molecule has 0 unspecified atom stereocenters. The lowest BCUT2D eigenvalue weighted by molar-refractivity contribution is 0.298. The van der Waals surface area contributed by atoms with Gasteiger partial charge in [0.2, 0.25) is 5.95 Å². The number of aliphatic hydroxyl groups is 1. The Hall–Kier alpha value is -2.85. The zero-order valence-corrected chi connectivity index (χ0v) is 18.1. The number of hydrogen-bond acceptors (Lipinski definition) is 9. The van der Waals surface area contributed by atoms with Crippen LogP contribution in [0.3, 0.4) is 0 Å². The molecule has 4 N–H and O–H groups in total. The van der Waals surface area contributed by atoms with E-state index < -0.39 is 0 Å². The van der Waals surface area contributed by atoms with E-state index in [1.807, 2.05) is 32.6 Å². The summed E-state index contributed by atoms with van der Waals surface area (Å²) >= 11 is 5.86. The molecule has 3 rings (SSSR count). The van der Waals surface area contributed by atoms with Crippen LogP contribution in [0.2, 0.25) is 5.02 Å². The third kappa shape index (κ3) is 4.34. The number of nitrogens with one attached hydrogen (secondary N) is 1. The number of fused-ring (bicyclic) bond motifs is 1. The summed E-state index contributed by atoms with van der Waals surface area (Å²) in [6, 6.07) is 2.79. The summed E-state index contributed by atoms with van der Waals surface area (Å²) in [5, 5.41) is 41.5. The standard InChI is InChI=1S/C19H26ClN7O3/c1-10(2)26(5-6-28)19-22-17(16-18(23-19)27(11(3)4)25-24-16)21-9-13-14(29)7-12(20)8-15(13)30/h7-8,10-11,28-30H,5-6,9H2,1-4H3,(H,21,22,23). The number of anilines is 2. The van der Waals surface area contributed by atoms with E-state index in [0.717, 1.165) is 0 Å². The Kier molecular flexibility index (Phi) is 6.47. The molecule has 30 heavy (non-hydrogen) atoms. The van der Waals surface area contributed by atoms with Crippen LogP contribution < -0.4 is 10.2 Å². The lowest BCUT2D eigenvalue weighted by atomic mass is 10.1. The van der Waals surface area contributed by atoms with Crippen LogP contribution >= 0.6 is 11.6 Å². The first-order valence-electron chi connectivity index (χ1n) is 9.67. The summed E-state index contributed by atoms with van der Waals surface area (Å²) in [4.78, 5) is 11.1. The highest BCUT2D eigenvalue weighted by molar-refractivity contribution is 6.30. The first kappa shape index (κ1) is 21.8. The summed E-state index contributed by atoms with van der Waals surface area (Å²) in [6.07, 6.45) is 0. The Bertz CT molecular complexity index is 1020. The highest BCUT2D eigenvalue weighted by atomic mass is 35.5. The van der Waals surface area contributed by atoms with Gasteiger partial charge in [-0.3, -0.25) is 0 Å². The Morgan fingerprint density at radius 3 is 2.37 bits per heavy atom. The number of phenols is 2. The monoisotopic (exact) mass is 435 g/mol. The molecule has 0 saturated heterocycles. The molecule has 0 bridgehead atoms. The molecule has 0 aliphatic carbocycles. The van der Waals surface area contributed by atoms with Crippen molar-refractivity contribution in [2.75, 3.05) is 23.4 Å². The number of hydrogen-bond donors (Lipinski definition) is 4. The van der Waals surface area contributed by atoms with Gasteiger partial charge in [-0.05, 0) is 39.8 Å². The topological polar surface area (TPSA) is 132 Å². The van der Waals surface area contributed by atoms with Crippen LogP contribution in [-0.2, 0) is 6.54 Å². The lowest BCUT2D eigenvalue weighted by Crippen LogP contribution is -2.35. The molecule has 1 aromatic carbocycles. The molecule has 0 saturated carbocycles. The average Bonchev–Trinajstić information content (AvgIpc) is 3.09. The molecular weight excluding hydrogens is 410 g/mol. The van der Waals surface area contributed by atoms with E-state index in [-0.39, 0.29) is 47.3 Å². The molecule has 11 heteroatoms. The molecule has 0 aliphatic heterocycles. The SMILES string of the molecule is CC(C)N(CCO)c1nc(NCc2c(O)cc(Cl)cc2O)c2nnn(C(C)C)c2n1. The van der Waals surface area contributed by atoms with Crippen LogP contribution in [-0.4, -0.2) is 59.5 Å². The van der Waals surface area contributed by atoms with Crippen molar-refractivity contribution in [3.63, 3.8) is 0 Å². The fourth-order valence-corrected chi connectivity index (χ4v) is 3.28. The minimum Gasteiger partial charge on any atom is -0.507 e. The van der Waals surface area contributed by atoms with Crippen molar-refractivity contribution < 1.29 is 15.3 Å². The summed E-state index contributed by atoms with van der Waals surface area (Å²) in [5.41, 5.74) is 1.29. The zero-order valence-electron chi connectivity index (χ0n) is 17.3. The summed E-state index contributed by atoms with van der Waals surface area (Å²) < 4.78 is 1.69. The van der Waals surface area contributed by atoms with Gasteiger partial charge in [-0.25, -0.2) is 4.68 Å². The van der Waals surface area contributed by atoms with Gasteiger partial charge in [0.15, 0.2) is 17.0 Å². The van der Waals surface area contributed by atoms with Gasteiger partial charge in [0.1, 0.15) is 11.5 Å². The van der Waals surface area contributed by atoms with Gasteiger partial charge >= 0.3 is 0 Å². The second-order valence-electron chi connectivity index (χ2n) is 7.46. The predicted molar refractivity (Wildman–Crippen MR) is 115 cm³/mol. The second-order valence-corrected chi connectivity index (χ2v) is 7.90. The number of halogens is 1. The van der Waals surface area contributed by atoms with Crippen LogP contribution in [0.4, 0.5) is 11.8 Å². The molecule has 162 valence electrons. The van der Waals surface area contributed by atoms with Crippen LogP contribution in [0.15, 0.2) is 12.1 Å². The molecule has 10 nitrogen and oxygen atoms in total. The quantitative estimate of drug-likeness (QED) is 0.421. The van der Waals surface area contributed by atoms with E-state index >= 15 is 0 Å². The number of rotatable bonds is 8. The van der Waals surface area contributed by atoms with Crippen LogP contribution in [0.1, 0.15) is 39.3 Å². The minimum atomic E-state index is -0.132. The van der Waals surface area contributed by atoms with Crippen molar-refractivity contribution >= 4 is 34.5 Å². The van der Waals surface area contributed by atoms with Crippen molar-refractivity contribution in [1.29, 1.82) is 0 Å². The number of benzene rings is 1. The maximum absolute atomic E-state index is 10.1. The number of aliphatic hydroxyl groups excluding tert-OH is 1. The van der Waals surface area contributed by atoms with Crippen molar-refractivity contribution in [3.8, 4) is 11.5 Å². The summed E-state index contributed by atoms with van der Waals surface area (Å²) in [7, 11) is 0. The molecular formula is C19H26ClN7O3. The van der Waals surface area contributed by atoms with Gasteiger partial charge in [-0.15, -0.1) is 5.10 Å². The molecule has 0 aliphatic rings. The lowest BCUT2D eigenvalue weighted by Gasteiger charge is -2.26. The number of nitrogens with zero attached hydrogens (tertiary/aromatic N) is 6. The Morgan fingerprint density at radius 2 is 1.80 bits per heavy atom. The molecule has 0 fully saturated rings. The maximum Gasteiger partial charge on any atom is 0.229 e. The third-order valence-corrected chi connectivity index (χ3v) is 4.84. The Balaban J connectivity index is 2.06. The van der Waals surface area contributed by atoms with Gasteiger partial charge in [-0.1, -0.05) is 16.8 Å². The van der Waals surface area contributed by atoms with E-state index in [2.05, 4.69) is 25.6 Å². The molecule has 0 radical (unpaired) electrons. The first-order valence-corrected chi connectivity index (χ1v) is 10.0. The molecule has 3 aromatic rings. The molecule has 2 heterocycles. The maximum atomic E-state index is 10.1. The van der Waals surface area contributed by atoms with E-state index in [0.29, 0.717) is 29.5 Å². The van der Waals surface area contributed by atoms with E-state index in [9.17, 15) is 15.3 Å². The average molecular weight is 436 g/mol. The summed E-state index contributed by atoms with van der Waals surface area (Å²) in [6.45, 7) is 8.31. The Morgan fingerprint density at radius 1 is 1.13 bits per heavy atom. The highest BCUT2D eigenvalue weighted by Gasteiger charge is 2.21. The van der Waals surface area contributed by atoms with Crippen LogP contribution in [0.5, 0.6) is 11.5 Å². The molecule has 0 amide bonds. The van der Waals surface area contributed by atoms with Gasteiger partial charge in [0, 0.05) is 24.2 Å². The number of aromatic hydroxyl groups is 2. The Labute approximate surface area is 179 Å². The van der Waals surface area contributed by atoms with Gasteiger partial charge in [0.25, 0.3) is 0 Å². The fraction of sp³-hybridized carbons (Fsp3) is 0.474. The number of aromatic nitrogens is 5. The largest absolute Gasteiger partial charge is 0.507 e. The van der Waals surface area contributed by atoms with Gasteiger partial charge in [0.05, 0.1) is 18.2 Å². The van der Waals surface area contributed by atoms with E-state index in [1.54, 1.807) is 4.68 Å². The normalized spacial score (nSPS) is 11.6. The third-order valence-electron chi connectivity index (χ3n) is 4.62. The van der Waals surface area contributed by atoms with Crippen molar-refractivity contribution in [2.45, 2.75) is 46.3 Å². The van der Waals surface area contributed by atoms with Crippen molar-refractivity contribution in [1.82, 2.24) is 25.0 Å². The first-order chi connectivity index (χ1) is 14.2. The molecule has 2 aromatic heterocycles. The zero-order chi connectivity index (χ0) is 22.0. The van der Waals surface area contributed by atoms with Gasteiger partial charge < -0.3 is 25.5 Å². The van der Waals surface area contributed by atoms with Crippen LogP contribution in [0.25, 0.3) is 11.2 Å². The summed E-state index contributed by atoms with van der Waals surface area (Å²) in [5.74, 6) is 0.558. The van der Waals surface area contributed by atoms with Gasteiger partial charge in [-0.2, -0.15) is 9.97 Å². The molecule has 0 atom stereocenters. The fourth-order valence-electron chi connectivity index (χ4n) is 3.08.